The van der Waals surface area contributed by atoms with Gasteiger partial charge in [0, 0.05) is 11.1 Å². The van der Waals surface area contributed by atoms with Crippen LogP contribution in [0.5, 0.6) is 0 Å². The van der Waals surface area contributed by atoms with E-state index in [1.165, 1.54) is 6.08 Å². The Balaban J connectivity index is 1.86. The van der Waals surface area contributed by atoms with Crippen molar-refractivity contribution in [3.63, 3.8) is 0 Å². The molecule has 0 radical (unpaired) electrons. The van der Waals surface area contributed by atoms with Crippen molar-refractivity contribution in [3.8, 4) is 0 Å². The molecule has 0 atom stereocenters. The zero-order chi connectivity index (χ0) is 14.2. The molecule has 20 heavy (non-hydrogen) atoms. The lowest BCUT2D eigenvalue weighted by Gasteiger charge is -1.95. The normalized spacial score (nSPS) is 11.1. The van der Waals surface area contributed by atoms with Gasteiger partial charge in [0.05, 0.1) is 6.21 Å². The van der Waals surface area contributed by atoms with Gasteiger partial charge in [0.25, 0.3) is 5.91 Å². The third-order valence-electron chi connectivity index (χ3n) is 2.49. The zero-order valence-electron chi connectivity index (χ0n) is 10.7. The number of halogens is 1. The van der Waals surface area contributed by atoms with E-state index in [-0.39, 0.29) is 5.91 Å². The van der Waals surface area contributed by atoms with Gasteiger partial charge in [0.15, 0.2) is 0 Å². The summed E-state index contributed by atoms with van der Waals surface area (Å²) in [5.74, 6) is -0.279. The number of hydrogen-bond donors (Lipinski definition) is 1. The number of carbonyl (C=O) groups excluding carboxylic acids is 1. The standard InChI is InChI=1S/C16H13ClN2O/c17-15-9-6-14(7-10-15)12-18-19-16(20)11-8-13-4-2-1-3-5-13/h1-12H,(H,19,20)/b11-8+,18-12+. The molecule has 0 heterocycles. The van der Waals surface area contributed by atoms with Crippen LogP contribution in [-0.4, -0.2) is 12.1 Å². The lowest BCUT2D eigenvalue weighted by molar-refractivity contribution is -0.116. The molecule has 2 aromatic rings. The molecule has 0 saturated heterocycles. The Kier molecular flexibility index (Phi) is 5.09. The molecule has 4 heteroatoms. The zero-order valence-corrected chi connectivity index (χ0v) is 11.4. The maximum atomic E-state index is 11.5. The first-order valence-electron chi connectivity index (χ1n) is 6.06. The van der Waals surface area contributed by atoms with Gasteiger partial charge < -0.3 is 0 Å². The molecule has 0 spiro atoms. The Bertz CT molecular complexity index is 619. The number of amides is 1. The Hall–Kier alpha value is -2.39. The minimum atomic E-state index is -0.279. The molecule has 1 amide bonds. The summed E-state index contributed by atoms with van der Waals surface area (Å²) in [4.78, 5) is 11.5. The van der Waals surface area contributed by atoms with E-state index in [2.05, 4.69) is 10.5 Å². The molecule has 0 unspecified atom stereocenters. The number of rotatable bonds is 4. The molecule has 0 fully saturated rings. The van der Waals surface area contributed by atoms with Gasteiger partial charge in [-0.15, -0.1) is 0 Å². The number of hydrogen-bond acceptors (Lipinski definition) is 2. The highest BCUT2D eigenvalue weighted by molar-refractivity contribution is 6.30. The maximum Gasteiger partial charge on any atom is 0.264 e. The van der Waals surface area contributed by atoms with Gasteiger partial charge in [-0.25, -0.2) is 5.43 Å². The second-order valence-electron chi connectivity index (χ2n) is 4.03. The molecule has 2 rings (SSSR count). The molecule has 0 aromatic heterocycles. The monoisotopic (exact) mass is 284 g/mol. The van der Waals surface area contributed by atoms with E-state index in [1.54, 1.807) is 24.4 Å². The SMILES string of the molecule is O=C(/C=C/c1ccccc1)N/N=C/c1ccc(Cl)cc1. The van der Waals surface area contributed by atoms with Crippen molar-refractivity contribution in [2.24, 2.45) is 5.10 Å². The van der Waals surface area contributed by atoms with Crippen LogP contribution in [0.2, 0.25) is 5.02 Å². The molecular formula is C16H13ClN2O. The van der Waals surface area contributed by atoms with Gasteiger partial charge in [-0.1, -0.05) is 54.1 Å². The van der Waals surface area contributed by atoms with Crippen LogP contribution >= 0.6 is 11.6 Å². The predicted molar refractivity (Wildman–Crippen MR) is 82.7 cm³/mol. The topological polar surface area (TPSA) is 41.5 Å². The van der Waals surface area contributed by atoms with Crippen LogP contribution in [0.25, 0.3) is 6.08 Å². The van der Waals surface area contributed by atoms with E-state index in [9.17, 15) is 4.79 Å². The molecule has 0 bridgehead atoms. The second-order valence-corrected chi connectivity index (χ2v) is 4.47. The molecule has 1 N–H and O–H groups in total. The average Bonchev–Trinajstić information content (AvgIpc) is 2.48. The fraction of sp³-hybridized carbons (Fsp3) is 0. The van der Waals surface area contributed by atoms with Crippen molar-refractivity contribution in [3.05, 3.63) is 76.8 Å². The molecule has 2 aromatic carbocycles. The Labute approximate surface area is 122 Å². The van der Waals surface area contributed by atoms with E-state index in [0.717, 1.165) is 11.1 Å². The van der Waals surface area contributed by atoms with Gasteiger partial charge in [0.2, 0.25) is 0 Å². The summed E-state index contributed by atoms with van der Waals surface area (Å²) in [6, 6.07) is 16.7. The average molecular weight is 285 g/mol. The maximum absolute atomic E-state index is 11.5. The predicted octanol–water partition coefficient (Wildman–Crippen LogP) is 3.50. The van der Waals surface area contributed by atoms with Crippen molar-refractivity contribution in [2.75, 3.05) is 0 Å². The lowest BCUT2D eigenvalue weighted by atomic mass is 10.2. The van der Waals surface area contributed by atoms with Gasteiger partial charge >= 0.3 is 0 Å². The van der Waals surface area contributed by atoms with E-state index in [4.69, 9.17) is 11.6 Å². The molecule has 0 saturated carbocycles. The summed E-state index contributed by atoms with van der Waals surface area (Å²) in [6.45, 7) is 0. The number of hydrazone groups is 1. The number of carbonyl (C=O) groups is 1. The summed E-state index contributed by atoms with van der Waals surface area (Å²) >= 11 is 5.77. The Morgan fingerprint density at radius 2 is 1.70 bits per heavy atom. The quantitative estimate of drug-likeness (QED) is 0.521. The van der Waals surface area contributed by atoms with Crippen molar-refractivity contribution in [2.45, 2.75) is 0 Å². The minimum absolute atomic E-state index is 0.279. The largest absolute Gasteiger partial charge is 0.268 e. The molecule has 0 aliphatic carbocycles. The van der Waals surface area contributed by atoms with Gasteiger partial charge in [-0.2, -0.15) is 5.10 Å². The highest BCUT2D eigenvalue weighted by atomic mass is 35.5. The van der Waals surface area contributed by atoms with Crippen molar-refractivity contribution < 1.29 is 4.79 Å². The number of benzene rings is 2. The van der Waals surface area contributed by atoms with Crippen molar-refractivity contribution >= 4 is 29.8 Å². The minimum Gasteiger partial charge on any atom is -0.268 e. The lowest BCUT2D eigenvalue weighted by Crippen LogP contribution is -2.14. The Morgan fingerprint density at radius 3 is 2.40 bits per heavy atom. The number of nitrogens with one attached hydrogen (secondary N) is 1. The van der Waals surface area contributed by atoms with Gasteiger partial charge in [0.1, 0.15) is 0 Å². The van der Waals surface area contributed by atoms with Gasteiger partial charge in [-0.05, 0) is 29.3 Å². The summed E-state index contributed by atoms with van der Waals surface area (Å²) in [5, 5.41) is 4.53. The fourth-order valence-electron chi connectivity index (χ4n) is 1.49. The summed E-state index contributed by atoms with van der Waals surface area (Å²) in [7, 11) is 0. The van der Waals surface area contributed by atoms with E-state index >= 15 is 0 Å². The van der Waals surface area contributed by atoms with Crippen LogP contribution in [-0.2, 0) is 4.79 Å². The van der Waals surface area contributed by atoms with Crippen LogP contribution in [0.3, 0.4) is 0 Å². The first-order chi connectivity index (χ1) is 9.74. The molecule has 0 aliphatic heterocycles. The molecule has 100 valence electrons. The molecule has 3 nitrogen and oxygen atoms in total. The number of nitrogens with zero attached hydrogens (tertiary/aromatic N) is 1. The smallest absolute Gasteiger partial charge is 0.264 e. The van der Waals surface area contributed by atoms with Crippen LogP contribution in [0.15, 0.2) is 65.8 Å². The molecule has 0 aliphatic rings. The van der Waals surface area contributed by atoms with Crippen LogP contribution in [0, 0.1) is 0 Å². The highest BCUT2D eigenvalue weighted by Gasteiger charge is 1.92. The van der Waals surface area contributed by atoms with Crippen LogP contribution < -0.4 is 5.43 Å². The molecular weight excluding hydrogens is 272 g/mol. The summed E-state index contributed by atoms with van der Waals surface area (Å²) < 4.78 is 0. The van der Waals surface area contributed by atoms with E-state index < -0.39 is 0 Å². The second kappa shape index (κ2) is 7.26. The fourth-order valence-corrected chi connectivity index (χ4v) is 1.62. The first-order valence-corrected chi connectivity index (χ1v) is 6.43. The third-order valence-corrected chi connectivity index (χ3v) is 2.74. The summed E-state index contributed by atoms with van der Waals surface area (Å²) in [6.07, 6.45) is 4.73. The van der Waals surface area contributed by atoms with Crippen molar-refractivity contribution in [1.82, 2.24) is 5.43 Å². The van der Waals surface area contributed by atoms with Gasteiger partial charge in [-0.3, -0.25) is 4.79 Å². The summed E-state index contributed by atoms with van der Waals surface area (Å²) in [5.41, 5.74) is 4.25. The van der Waals surface area contributed by atoms with E-state index in [1.807, 2.05) is 42.5 Å². The van der Waals surface area contributed by atoms with Crippen LogP contribution in [0.4, 0.5) is 0 Å². The van der Waals surface area contributed by atoms with Crippen molar-refractivity contribution in [1.29, 1.82) is 0 Å². The highest BCUT2D eigenvalue weighted by Crippen LogP contribution is 2.07. The van der Waals surface area contributed by atoms with E-state index in [0.29, 0.717) is 5.02 Å². The third kappa shape index (κ3) is 4.71. The van der Waals surface area contributed by atoms with Crippen LogP contribution in [0.1, 0.15) is 11.1 Å². The Morgan fingerprint density at radius 1 is 1.00 bits per heavy atom. The first kappa shape index (κ1) is 14.0.